The number of aryl methyl sites for hydroxylation is 3. The summed E-state index contributed by atoms with van der Waals surface area (Å²) in [6.07, 6.45) is 2.55. The van der Waals surface area contributed by atoms with Crippen LogP contribution in [0.2, 0.25) is 0 Å². The van der Waals surface area contributed by atoms with Gasteiger partial charge < -0.3 is 19.0 Å². The highest BCUT2D eigenvalue weighted by Gasteiger charge is 2.14. The van der Waals surface area contributed by atoms with Crippen LogP contribution in [-0.4, -0.2) is 22.7 Å². The normalized spacial score (nSPS) is 12.1. The van der Waals surface area contributed by atoms with E-state index >= 15 is 0 Å². The second-order valence-corrected chi connectivity index (χ2v) is 7.39. The lowest BCUT2D eigenvalue weighted by molar-refractivity contribution is -0.131. The summed E-state index contributed by atoms with van der Waals surface area (Å²) in [6.45, 7) is 8.25. The number of hydrogen-bond donors (Lipinski definition) is 1. The number of carboxylic acids is 1. The van der Waals surface area contributed by atoms with E-state index in [0.29, 0.717) is 18.9 Å². The fraction of sp³-hybridized carbons (Fsp3) is 0.280. The van der Waals surface area contributed by atoms with Crippen molar-refractivity contribution >= 4 is 5.97 Å². The average Bonchev–Trinajstić information content (AvgIpc) is 3.10. The molecule has 6 nitrogen and oxygen atoms in total. The molecule has 162 valence electrons. The summed E-state index contributed by atoms with van der Waals surface area (Å²) >= 11 is 0. The molecule has 31 heavy (non-hydrogen) atoms. The quantitative estimate of drug-likeness (QED) is 0.360. The predicted molar refractivity (Wildman–Crippen MR) is 118 cm³/mol. The van der Waals surface area contributed by atoms with E-state index in [1.807, 2.05) is 70.2 Å². The molecule has 0 aliphatic carbocycles. The van der Waals surface area contributed by atoms with Crippen LogP contribution in [0.25, 0.3) is 11.5 Å². The number of hydrogen-bond acceptors (Lipinski definition) is 5. The van der Waals surface area contributed by atoms with Gasteiger partial charge in [0.25, 0.3) is 0 Å². The first-order valence-electron chi connectivity index (χ1n) is 10.2. The Balaban J connectivity index is 1.63. The van der Waals surface area contributed by atoms with Gasteiger partial charge in [-0.25, -0.2) is 9.78 Å². The van der Waals surface area contributed by atoms with Gasteiger partial charge in [0.1, 0.15) is 17.6 Å². The molecule has 1 heterocycles. The van der Waals surface area contributed by atoms with Crippen molar-refractivity contribution in [2.75, 3.05) is 6.61 Å². The van der Waals surface area contributed by atoms with Crippen LogP contribution in [0.15, 0.2) is 59.2 Å². The van der Waals surface area contributed by atoms with Crippen molar-refractivity contribution < 1.29 is 23.8 Å². The molecule has 0 fully saturated rings. The third kappa shape index (κ3) is 5.75. The Kier molecular flexibility index (Phi) is 7.13. The Morgan fingerprint density at radius 2 is 1.84 bits per heavy atom. The number of ether oxygens (including phenoxy) is 2. The Hall–Kier alpha value is -3.54. The molecule has 0 radical (unpaired) electrons. The van der Waals surface area contributed by atoms with Crippen LogP contribution in [0.4, 0.5) is 0 Å². The molecule has 1 N–H and O–H groups in total. The molecular formula is C25H27NO5. The minimum absolute atomic E-state index is 0.267. The van der Waals surface area contributed by atoms with Crippen LogP contribution in [0.1, 0.15) is 41.2 Å². The number of carboxylic acid groups (broad SMARTS) is 1. The van der Waals surface area contributed by atoms with Crippen molar-refractivity contribution in [1.29, 1.82) is 0 Å². The molecular weight excluding hydrogens is 394 g/mol. The number of aromatic nitrogens is 1. The lowest BCUT2D eigenvalue weighted by atomic mass is 10.0. The highest BCUT2D eigenvalue weighted by Crippen LogP contribution is 2.29. The van der Waals surface area contributed by atoms with Crippen LogP contribution >= 0.6 is 0 Å². The molecule has 0 aliphatic rings. The monoisotopic (exact) mass is 421 g/mol. The highest BCUT2D eigenvalue weighted by atomic mass is 16.5. The van der Waals surface area contributed by atoms with E-state index in [-0.39, 0.29) is 6.10 Å². The van der Waals surface area contributed by atoms with Crippen LogP contribution < -0.4 is 4.74 Å². The van der Waals surface area contributed by atoms with Crippen molar-refractivity contribution in [2.24, 2.45) is 0 Å². The van der Waals surface area contributed by atoms with E-state index in [1.54, 1.807) is 0 Å². The zero-order valence-corrected chi connectivity index (χ0v) is 18.2. The number of rotatable bonds is 9. The summed E-state index contributed by atoms with van der Waals surface area (Å²) in [6, 6.07) is 13.8. The van der Waals surface area contributed by atoms with E-state index in [0.717, 1.165) is 45.5 Å². The molecule has 0 aliphatic heterocycles. The summed E-state index contributed by atoms with van der Waals surface area (Å²) in [4.78, 5) is 15.2. The summed E-state index contributed by atoms with van der Waals surface area (Å²) < 4.78 is 17.4. The van der Waals surface area contributed by atoms with Gasteiger partial charge in [0.15, 0.2) is 0 Å². The van der Waals surface area contributed by atoms with Gasteiger partial charge >= 0.3 is 5.97 Å². The van der Waals surface area contributed by atoms with Gasteiger partial charge in [-0.1, -0.05) is 18.2 Å². The predicted octanol–water partition coefficient (Wildman–Crippen LogP) is 5.56. The molecule has 0 amide bonds. The molecule has 6 heteroatoms. The van der Waals surface area contributed by atoms with E-state index in [1.165, 1.54) is 6.26 Å². The maximum atomic E-state index is 10.6. The Morgan fingerprint density at radius 3 is 2.48 bits per heavy atom. The number of benzene rings is 2. The fourth-order valence-corrected chi connectivity index (χ4v) is 3.35. The summed E-state index contributed by atoms with van der Waals surface area (Å²) in [5.41, 5.74) is 4.79. The zero-order valence-electron chi connectivity index (χ0n) is 18.2. The van der Waals surface area contributed by atoms with Gasteiger partial charge in [0, 0.05) is 12.0 Å². The van der Waals surface area contributed by atoms with Gasteiger partial charge in [-0.3, -0.25) is 0 Å². The lowest BCUT2D eigenvalue weighted by Crippen LogP contribution is -2.06. The van der Waals surface area contributed by atoms with Crippen LogP contribution in [-0.2, 0) is 16.0 Å². The van der Waals surface area contributed by atoms with Crippen LogP contribution in [0, 0.1) is 20.8 Å². The number of carbonyl (C=O) groups is 1. The summed E-state index contributed by atoms with van der Waals surface area (Å²) in [5, 5.41) is 8.67. The highest BCUT2D eigenvalue weighted by molar-refractivity contribution is 5.79. The molecule has 3 aromatic rings. The molecule has 0 saturated carbocycles. The maximum absolute atomic E-state index is 10.6. The first-order chi connectivity index (χ1) is 14.8. The average molecular weight is 421 g/mol. The molecule has 1 aromatic heterocycles. The van der Waals surface area contributed by atoms with Crippen LogP contribution in [0.5, 0.6) is 5.75 Å². The van der Waals surface area contributed by atoms with Gasteiger partial charge in [0.2, 0.25) is 5.89 Å². The first-order valence-corrected chi connectivity index (χ1v) is 10.2. The van der Waals surface area contributed by atoms with Gasteiger partial charge in [-0.05, 0) is 68.7 Å². The van der Waals surface area contributed by atoms with Crippen molar-refractivity contribution in [3.05, 3.63) is 82.9 Å². The fourth-order valence-electron chi connectivity index (χ4n) is 3.35. The maximum Gasteiger partial charge on any atom is 0.331 e. The van der Waals surface area contributed by atoms with Gasteiger partial charge in [-0.15, -0.1) is 0 Å². The van der Waals surface area contributed by atoms with Crippen LogP contribution in [0.3, 0.4) is 0 Å². The molecule has 2 aromatic carbocycles. The van der Waals surface area contributed by atoms with E-state index in [4.69, 9.17) is 19.0 Å². The second kappa shape index (κ2) is 9.98. The van der Waals surface area contributed by atoms with Crippen molar-refractivity contribution in [3.63, 3.8) is 0 Å². The Bertz CT molecular complexity index is 1050. The third-order valence-electron chi connectivity index (χ3n) is 4.94. The molecule has 0 bridgehead atoms. The van der Waals surface area contributed by atoms with E-state index in [2.05, 4.69) is 4.98 Å². The summed E-state index contributed by atoms with van der Waals surface area (Å²) in [5.74, 6) is 1.21. The summed E-state index contributed by atoms with van der Waals surface area (Å²) in [7, 11) is 0. The topological polar surface area (TPSA) is 81.8 Å². The molecule has 0 saturated heterocycles. The van der Waals surface area contributed by atoms with Crippen molar-refractivity contribution in [2.45, 2.75) is 40.2 Å². The third-order valence-corrected chi connectivity index (χ3v) is 4.94. The number of aliphatic carboxylic acids is 1. The standard InChI is InChI=1S/C25H27NO5/c1-16-14-21(18(3)29-13-11-23(27)28)15-17(2)24(16)30-12-10-22-19(4)31-25(26-22)20-8-6-5-7-9-20/h5-9,11,13-15,18H,10,12H2,1-4H3,(H,27,28)/b13-11+. The smallest absolute Gasteiger partial charge is 0.331 e. The van der Waals surface area contributed by atoms with Crippen molar-refractivity contribution in [1.82, 2.24) is 4.98 Å². The molecule has 1 atom stereocenters. The minimum atomic E-state index is -1.04. The number of nitrogens with zero attached hydrogens (tertiary/aromatic N) is 1. The van der Waals surface area contributed by atoms with Gasteiger partial charge in [-0.2, -0.15) is 0 Å². The molecule has 0 spiro atoms. The first kappa shape index (κ1) is 22.2. The second-order valence-electron chi connectivity index (χ2n) is 7.39. The molecule has 3 rings (SSSR count). The Labute approximate surface area is 182 Å². The van der Waals surface area contributed by atoms with Gasteiger partial charge in [0.05, 0.1) is 24.6 Å². The molecule has 1 unspecified atom stereocenters. The number of oxazole rings is 1. The van der Waals surface area contributed by atoms with Crippen molar-refractivity contribution in [3.8, 4) is 17.2 Å². The lowest BCUT2D eigenvalue weighted by Gasteiger charge is -2.17. The zero-order chi connectivity index (χ0) is 22.4. The van der Waals surface area contributed by atoms with E-state index in [9.17, 15) is 4.79 Å². The largest absolute Gasteiger partial charge is 0.493 e. The van der Waals surface area contributed by atoms with E-state index < -0.39 is 5.97 Å². The minimum Gasteiger partial charge on any atom is -0.493 e. The Morgan fingerprint density at radius 1 is 1.16 bits per heavy atom. The SMILES string of the molecule is Cc1cc(C(C)O/C=C/C(=O)O)cc(C)c1OCCc1nc(-c2ccccc2)oc1C.